The standard InChI is InChI=1S/C23H18BrClF3N9O2/c1-11-7-12(25)8-15(20(38)30-13-4-5-13)18(11)31-21(39)17-9-14(10-36-22(23(26,27)28)32-34-35-36)33-37(17)19-16(24)3-2-6-29-19/h2-3,6-9,13H,4-5,10H2,1H3,(H,30,38)(H,31,39). The molecule has 0 bridgehead atoms. The second kappa shape index (κ2) is 10.4. The maximum atomic E-state index is 13.6. The van der Waals surface area contributed by atoms with Crippen LogP contribution >= 0.6 is 27.5 Å². The molecule has 0 aliphatic heterocycles. The topological polar surface area (TPSA) is 133 Å². The van der Waals surface area contributed by atoms with E-state index in [9.17, 15) is 22.8 Å². The Hall–Kier alpha value is -3.85. The second-order valence-electron chi connectivity index (χ2n) is 8.75. The Morgan fingerprint density at radius 3 is 2.67 bits per heavy atom. The van der Waals surface area contributed by atoms with Gasteiger partial charge in [-0.2, -0.15) is 18.3 Å². The first-order chi connectivity index (χ1) is 18.5. The molecule has 4 aromatic rings. The molecule has 0 atom stereocenters. The van der Waals surface area contributed by atoms with E-state index in [0.29, 0.717) is 19.7 Å². The Balaban J connectivity index is 1.53. The van der Waals surface area contributed by atoms with Crippen molar-refractivity contribution in [3.05, 3.63) is 74.4 Å². The zero-order valence-corrected chi connectivity index (χ0v) is 22.3. The highest BCUT2D eigenvalue weighted by Crippen LogP contribution is 2.30. The monoisotopic (exact) mass is 623 g/mol. The number of carbonyl (C=O) groups excluding carboxylic acids is 2. The van der Waals surface area contributed by atoms with E-state index in [1.165, 1.54) is 23.0 Å². The Morgan fingerprint density at radius 2 is 1.97 bits per heavy atom. The average Bonchev–Trinajstić information content (AvgIpc) is 3.37. The van der Waals surface area contributed by atoms with Crippen LogP contribution in [0.1, 0.15) is 50.8 Å². The normalized spacial score (nSPS) is 13.4. The maximum absolute atomic E-state index is 13.6. The third kappa shape index (κ3) is 5.78. The summed E-state index contributed by atoms with van der Waals surface area (Å²) in [6, 6.07) is 7.73. The molecule has 16 heteroatoms. The number of anilines is 1. The Morgan fingerprint density at radius 1 is 1.21 bits per heavy atom. The summed E-state index contributed by atoms with van der Waals surface area (Å²) in [6.07, 6.45) is -1.59. The van der Waals surface area contributed by atoms with E-state index in [1.54, 1.807) is 25.1 Å². The lowest BCUT2D eigenvalue weighted by molar-refractivity contribution is -0.147. The summed E-state index contributed by atoms with van der Waals surface area (Å²) in [5.74, 6) is -2.19. The number of nitrogens with zero attached hydrogens (tertiary/aromatic N) is 7. The number of hydrogen-bond acceptors (Lipinski definition) is 7. The van der Waals surface area contributed by atoms with Gasteiger partial charge in [0.25, 0.3) is 17.6 Å². The van der Waals surface area contributed by atoms with Crippen LogP contribution in [0, 0.1) is 6.92 Å². The molecule has 0 radical (unpaired) electrons. The lowest BCUT2D eigenvalue weighted by Crippen LogP contribution is -2.27. The van der Waals surface area contributed by atoms with E-state index >= 15 is 0 Å². The molecule has 3 aromatic heterocycles. The first kappa shape index (κ1) is 26.7. The summed E-state index contributed by atoms with van der Waals surface area (Å²) in [6.45, 7) is 1.21. The SMILES string of the molecule is Cc1cc(Cl)cc(C(=O)NC2CC2)c1NC(=O)c1cc(Cn2nnnc2C(F)(F)F)nn1-c1ncccc1Br. The summed E-state index contributed by atoms with van der Waals surface area (Å²) >= 11 is 9.55. The van der Waals surface area contributed by atoms with Crippen molar-refractivity contribution in [2.24, 2.45) is 0 Å². The van der Waals surface area contributed by atoms with Crippen molar-refractivity contribution in [2.45, 2.75) is 38.5 Å². The molecule has 1 aliphatic carbocycles. The molecule has 2 amide bonds. The van der Waals surface area contributed by atoms with Crippen LogP contribution in [0.5, 0.6) is 0 Å². The molecule has 202 valence electrons. The molecule has 1 aromatic carbocycles. The number of nitrogens with one attached hydrogen (secondary N) is 2. The number of carbonyl (C=O) groups is 2. The quantitative estimate of drug-likeness (QED) is 0.315. The van der Waals surface area contributed by atoms with Gasteiger partial charge in [-0.3, -0.25) is 9.59 Å². The zero-order valence-electron chi connectivity index (χ0n) is 20.0. The number of hydrogen-bond donors (Lipinski definition) is 2. The molecule has 0 saturated heterocycles. The lowest BCUT2D eigenvalue weighted by Gasteiger charge is -2.15. The number of aromatic nitrogens is 7. The lowest BCUT2D eigenvalue weighted by atomic mass is 10.1. The minimum absolute atomic E-state index is 0.0510. The third-order valence-electron chi connectivity index (χ3n) is 5.73. The highest BCUT2D eigenvalue weighted by molar-refractivity contribution is 9.10. The smallest absolute Gasteiger partial charge is 0.349 e. The van der Waals surface area contributed by atoms with Gasteiger partial charge in [0.15, 0.2) is 5.82 Å². The van der Waals surface area contributed by atoms with Crippen molar-refractivity contribution in [3.63, 3.8) is 0 Å². The van der Waals surface area contributed by atoms with Gasteiger partial charge in [0.2, 0.25) is 0 Å². The van der Waals surface area contributed by atoms with Gasteiger partial charge in [-0.05, 0) is 82.0 Å². The predicted octanol–water partition coefficient (Wildman–Crippen LogP) is 4.19. The first-order valence-electron chi connectivity index (χ1n) is 11.5. The molecule has 1 aliphatic rings. The van der Waals surface area contributed by atoms with Crippen LogP contribution in [-0.2, 0) is 12.7 Å². The van der Waals surface area contributed by atoms with Crippen LogP contribution in [0.15, 0.2) is 41.0 Å². The van der Waals surface area contributed by atoms with Gasteiger partial charge in [-0.15, -0.1) is 5.10 Å². The summed E-state index contributed by atoms with van der Waals surface area (Å²) in [5, 5.41) is 19.8. The highest BCUT2D eigenvalue weighted by Gasteiger charge is 2.38. The van der Waals surface area contributed by atoms with Crippen LogP contribution in [0.4, 0.5) is 18.9 Å². The number of amides is 2. The van der Waals surface area contributed by atoms with E-state index in [0.717, 1.165) is 12.8 Å². The molecule has 5 rings (SSSR count). The summed E-state index contributed by atoms with van der Waals surface area (Å²) in [4.78, 5) is 30.7. The largest absolute Gasteiger partial charge is 0.453 e. The molecule has 0 spiro atoms. The fourth-order valence-corrected chi connectivity index (χ4v) is 4.48. The van der Waals surface area contributed by atoms with Crippen LogP contribution in [0.3, 0.4) is 0 Å². The van der Waals surface area contributed by atoms with Crippen molar-refractivity contribution in [3.8, 4) is 5.82 Å². The van der Waals surface area contributed by atoms with Crippen molar-refractivity contribution < 1.29 is 22.8 Å². The fraction of sp³-hybridized carbons (Fsp3) is 0.261. The first-order valence-corrected chi connectivity index (χ1v) is 12.6. The average molecular weight is 625 g/mol. The number of rotatable bonds is 7. The predicted molar refractivity (Wildman–Crippen MR) is 136 cm³/mol. The van der Waals surface area contributed by atoms with Crippen molar-refractivity contribution in [2.75, 3.05) is 5.32 Å². The molecule has 39 heavy (non-hydrogen) atoms. The Kier molecular flexibility index (Phi) is 7.11. The van der Waals surface area contributed by atoms with Crippen LogP contribution in [0.2, 0.25) is 5.02 Å². The number of benzene rings is 1. The van der Waals surface area contributed by atoms with E-state index in [2.05, 4.69) is 52.2 Å². The van der Waals surface area contributed by atoms with Gasteiger partial charge < -0.3 is 10.6 Å². The number of pyridine rings is 1. The number of aryl methyl sites for hydroxylation is 1. The van der Waals surface area contributed by atoms with Crippen molar-refractivity contribution in [1.29, 1.82) is 0 Å². The minimum Gasteiger partial charge on any atom is -0.349 e. The van der Waals surface area contributed by atoms with Gasteiger partial charge >= 0.3 is 6.18 Å². The second-order valence-corrected chi connectivity index (χ2v) is 10.0. The Bertz CT molecular complexity index is 1580. The van der Waals surface area contributed by atoms with E-state index in [1.807, 2.05) is 0 Å². The van der Waals surface area contributed by atoms with E-state index in [-0.39, 0.29) is 34.5 Å². The summed E-state index contributed by atoms with van der Waals surface area (Å²) < 4.78 is 42.1. The third-order valence-corrected chi connectivity index (χ3v) is 6.56. The minimum atomic E-state index is -4.79. The molecule has 2 N–H and O–H groups in total. The van der Waals surface area contributed by atoms with Gasteiger partial charge in [-0.1, -0.05) is 11.6 Å². The van der Waals surface area contributed by atoms with Crippen LogP contribution in [0.25, 0.3) is 5.82 Å². The van der Waals surface area contributed by atoms with Gasteiger partial charge in [0.1, 0.15) is 5.69 Å². The molecule has 11 nitrogen and oxygen atoms in total. The molecular weight excluding hydrogens is 607 g/mol. The van der Waals surface area contributed by atoms with Crippen molar-refractivity contribution in [1.82, 2.24) is 40.3 Å². The van der Waals surface area contributed by atoms with E-state index in [4.69, 9.17) is 11.6 Å². The van der Waals surface area contributed by atoms with Gasteiger partial charge in [0, 0.05) is 17.3 Å². The summed E-state index contributed by atoms with van der Waals surface area (Å²) in [5.41, 5.74) is 0.931. The zero-order chi connectivity index (χ0) is 27.9. The van der Waals surface area contributed by atoms with Crippen molar-refractivity contribution >= 4 is 45.0 Å². The van der Waals surface area contributed by atoms with Gasteiger partial charge in [0.05, 0.1) is 28.0 Å². The fourth-order valence-electron chi connectivity index (χ4n) is 3.79. The number of tetrazole rings is 1. The van der Waals surface area contributed by atoms with Crippen LogP contribution < -0.4 is 10.6 Å². The highest BCUT2D eigenvalue weighted by atomic mass is 79.9. The molecule has 3 heterocycles. The number of halogens is 5. The number of alkyl halides is 3. The molecule has 0 unspecified atom stereocenters. The van der Waals surface area contributed by atoms with Gasteiger partial charge in [-0.25, -0.2) is 14.3 Å². The molecule has 1 saturated carbocycles. The van der Waals surface area contributed by atoms with E-state index < -0.39 is 30.4 Å². The Labute approximate surface area is 231 Å². The summed E-state index contributed by atoms with van der Waals surface area (Å²) in [7, 11) is 0. The van der Waals surface area contributed by atoms with Crippen LogP contribution in [-0.4, -0.2) is 52.8 Å². The maximum Gasteiger partial charge on any atom is 0.453 e. The molecular formula is C23H18BrClF3N9O2. The molecule has 1 fully saturated rings.